The second kappa shape index (κ2) is 6.47. The van der Waals surface area contributed by atoms with Gasteiger partial charge in [0, 0.05) is 26.1 Å². The standard InChI is InChI=1S/C20H22N2O3/c23-18(21-11-9-14-5-1-2-6-15(14)13-21)10-12-22-19(24)16-7-3-4-8-17(16)20(22)25/h1-6,16-17H,7-13H2/t16-,17-/m0/s1. The maximum absolute atomic E-state index is 12.6. The third-order valence-corrected chi connectivity index (χ3v) is 5.63. The van der Waals surface area contributed by atoms with Crippen molar-refractivity contribution < 1.29 is 14.4 Å². The molecule has 0 unspecified atom stereocenters. The monoisotopic (exact) mass is 338 g/mol. The Hall–Kier alpha value is -2.43. The fourth-order valence-corrected chi connectivity index (χ4v) is 4.16. The van der Waals surface area contributed by atoms with Crippen LogP contribution >= 0.6 is 0 Å². The van der Waals surface area contributed by atoms with Crippen LogP contribution in [0.4, 0.5) is 0 Å². The Kier molecular flexibility index (Phi) is 4.15. The highest BCUT2D eigenvalue weighted by molar-refractivity contribution is 6.05. The summed E-state index contributed by atoms with van der Waals surface area (Å²) in [6, 6.07) is 8.17. The second-order valence-electron chi connectivity index (χ2n) is 7.07. The maximum atomic E-state index is 12.6. The minimum Gasteiger partial charge on any atom is -0.338 e. The summed E-state index contributed by atoms with van der Waals surface area (Å²) in [6.07, 6.45) is 6.31. The van der Waals surface area contributed by atoms with Crippen LogP contribution in [0.15, 0.2) is 36.4 Å². The van der Waals surface area contributed by atoms with Gasteiger partial charge in [0.2, 0.25) is 17.7 Å². The molecule has 2 aliphatic heterocycles. The molecule has 2 heterocycles. The van der Waals surface area contributed by atoms with E-state index in [1.165, 1.54) is 16.0 Å². The molecule has 1 aliphatic carbocycles. The van der Waals surface area contributed by atoms with E-state index < -0.39 is 0 Å². The van der Waals surface area contributed by atoms with Crippen LogP contribution in [0.3, 0.4) is 0 Å². The van der Waals surface area contributed by atoms with Crippen LogP contribution in [-0.2, 0) is 27.3 Å². The molecule has 0 spiro atoms. The minimum absolute atomic E-state index is 0.0168. The van der Waals surface area contributed by atoms with Crippen molar-refractivity contribution in [2.75, 3.05) is 13.1 Å². The Morgan fingerprint density at radius 3 is 2.32 bits per heavy atom. The number of benzene rings is 1. The number of hydrogen-bond donors (Lipinski definition) is 0. The molecule has 0 saturated carbocycles. The molecule has 1 fully saturated rings. The normalized spacial score (nSPS) is 25.1. The van der Waals surface area contributed by atoms with E-state index in [9.17, 15) is 14.4 Å². The summed E-state index contributed by atoms with van der Waals surface area (Å²) in [6.45, 7) is 1.53. The van der Waals surface area contributed by atoms with E-state index in [1.807, 2.05) is 29.2 Å². The summed E-state index contributed by atoms with van der Waals surface area (Å²) in [5.41, 5.74) is 2.49. The lowest BCUT2D eigenvalue weighted by molar-refractivity contribution is -0.141. The van der Waals surface area contributed by atoms with Crippen molar-refractivity contribution in [3.63, 3.8) is 0 Å². The topological polar surface area (TPSA) is 57.7 Å². The van der Waals surface area contributed by atoms with Crippen molar-refractivity contribution >= 4 is 17.7 Å². The lowest BCUT2D eigenvalue weighted by atomic mass is 9.85. The van der Waals surface area contributed by atoms with Crippen LogP contribution < -0.4 is 0 Å². The highest BCUT2D eigenvalue weighted by Crippen LogP contribution is 2.35. The Labute approximate surface area is 147 Å². The van der Waals surface area contributed by atoms with Crippen LogP contribution in [-0.4, -0.2) is 40.6 Å². The summed E-state index contributed by atoms with van der Waals surface area (Å²) in [7, 11) is 0. The number of amides is 3. The van der Waals surface area contributed by atoms with Crippen LogP contribution in [0.2, 0.25) is 0 Å². The SMILES string of the molecule is O=C(CCN1C(=O)[C@H]2CC=CC[C@@H]2C1=O)N1CCc2ccccc2C1. The van der Waals surface area contributed by atoms with E-state index in [0.717, 1.165) is 6.42 Å². The van der Waals surface area contributed by atoms with Gasteiger partial charge in [-0.05, 0) is 30.4 Å². The quantitative estimate of drug-likeness (QED) is 0.625. The van der Waals surface area contributed by atoms with Gasteiger partial charge in [0.15, 0.2) is 0 Å². The molecular weight excluding hydrogens is 316 g/mol. The molecule has 130 valence electrons. The molecule has 2 atom stereocenters. The number of nitrogens with zero attached hydrogens (tertiary/aromatic N) is 2. The van der Waals surface area contributed by atoms with Crippen LogP contribution in [0.1, 0.15) is 30.4 Å². The van der Waals surface area contributed by atoms with Crippen LogP contribution in [0, 0.1) is 11.8 Å². The molecule has 1 aromatic rings. The molecule has 1 aromatic carbocycles. The molecule has 25 heavy (non-hydrogen) atoms. The molecule has 1 saturated heterocycles. The Morgan fingerprint density at radius 1 is 1.00 bits per heavy atom. The molecule has 5 nitrogen and oxygen atoms in total. The van der Waals surface area contributed by atoms with Gasteiger partial charge in [0.25, 0.3) is 0 Å². The Bertz CT molecular complexity index is 729. The van der Waals surface area contributed by atoms with Gasteiger partial charge in [0.05, 0.1) is 11.8 Å². The van der Waals surface area contributed by atoms with E-state index >= 15 is 0 Å². The fraction of sp³-hybridized carbons (Fsp3) is 0.450. The molecule has 3 aliphatic rings. The lowest BCUT2D eigenvalue weighted by Crippen LogP contribution is -2.39. The first kappa shape index (κ1) is 16.1. The summed E-state index contributed by atoms with van der Waals surface area (Å²) >= 11 is 0. The Morgan fingerprint density at radius 2 is 1.64 bits per heavy atom. The largest absolute Gasteiger partial charge is 0.338 e. The number of carbonyl (C=O) groups is 3. The molecule has 0 bridgehead atoms. The fourth-order valence-electron chi connectivity index (χ4n) is 4.16. The van der Waals surface area contributed by atoms with Crippen molar-refractivity contribution in [3.05, 3.63) is 47.5 Å². The number of carbonyl (C=O) groups excluding carboxylic acids is 3. The van der Waals surface area contributed by atoms with E-state index in [4.69, 9.17) is 0 Å². The highest BCUT2D eigenvalue weighted by atomic mass is 16.2. The zero-order valence-electron chi connectivity index (χ0n) is 14.2. The summed E-state index contributed by atoms with van der Waals surface area (Å²) in [4.78, 5) is 40.6. The predicted octanol–water partition coefficient (Wildman–Crippen LogP) is 1.91. The van der Waals surface area contributed by atoms with Crippen molar-refractivity contribution in [2.45, 2.75) is 32.2 Å². The smallest absolute Gasteiger partial charge is 0.233 e. The summed E-state index contributed by atoms with van der Waals surface area (Å²) in [5.74, 6) is -0.612. The van der Waals surface area contributed by atoms with Crippen molar-refractivity contribution in [3.8, 4) is 0 Å². The van der Waals surface area contributed by atoms with Crippen molar-refractivity contribution in [1.29, 1.82) is 0 Å². The van der Waals surface area contributed by atoms with Crippen LogP contribution in [0.25, 0.3) is 0 Å². The third-order valence-electron chi connectivity index (χ3n) is 5.63. The predicted molar refractivity (Wildman–Crippen MR) is 92.3 cm³/mol. The summed E-state index contributed by atoms with van der Waals surface area (Å²) in [5, 5.41) is 0. The van der Waals surface area contributed by atoms with E-state index in [-0.39, 0.29) is 42.5 Å². The molecule has 3 amide bonds. The van der Waals surface area contributed by atoms with Gasteiger partial charge >= 0.3 is 0 Å². The molecule has 0 radical (unpaired) electrons. The van der Waals surface area contributed by atoms with Crippen molar-refractivity contribution in [2.24, 2.45) is 11.8 Å². The minimum atomic E-state index is -0.213. The first-order valence-corrected chi connectivity index (χ1v) is 9.00. The van der Waals surface area contributed by atoms with Gasteiger partial charge in [0.1, 0.15) is 0 Å². The van der Waals surface area contributed by atoms with Gasteiger partial charge in [-0.25, -0.2) is 0 Å². The number of allylic oxidation sites excluding steroid dienone is 2. The van der Waals surface area contributed by atoms with Gasteiger partial charge < -0.3 is 4.90 Å². The first-order chi connectivity index (χ1) is 12.1. The lowest BCUT2D eigenvalue weighted by Gasteiger charge is -2.29. The zero-order valence-corrected chi connectivity index (χ0v) is 14.2. The average Bonchev–Trinajstić information content (AvgIpc) is 2.90. The first-order valence-electron chi connectivity index (χ1n) is 9.00. The number of fused-ring (bicyclic) bond motifs is 2. The highest BCUT2D eigenvalue weighted by Gasteiger charge is 2.47. The maximum Gasteiger partial charge on any atom is 0.233 e. The number of rotatable bonds is 3. The van der Waals surface area contributed by atoms with E-state index in [0.29, 0.717) is 25.9 Å². The van der Waals surface area contributed by atoms with Crippen LogP contribution in [0.5, 0.6) is 0 Å². The Balaban J connectivity index is 1.37. The van der Waals surface area contributed by atoms with Gasteiger partial charge in [-0.15, -0.1) is 0 Å². The summed E-state index contributed by atoms with van der Waals surface area (Å²) < 4.78 is 0. The third kappa shape index (κ3) is 2.88. The molecule has 0 aromatic heterocycles. The average molecular weight is 338 g/mol. The van der Waals surface area contributed by atoms with Gasteiger partial charge in [-0.3, -0.25) is 19.3 Å². The van der Waals surface area contributed by atoms with E-state index in [2.05, 4.69) is 12.1 Å². The van der Waals surface area contributed by atoms with Gasteiger partial charge in [-0.2, -0.15) is 0 Å². The van der Waals surface area contributed by atoms with E-state index in [1.54, 1.807) is 0 Å². The molecule has 4 rings (SSSR count). The second-order valence-corrected chi connectivity index (χ2v) is 7.07. The number of hydrogen-bond acceptors (Lipinski definition) is 3. The molecule has 5 heteroatoms. The van der Waals surface area contributed by atoms with Crippen molar-refractivity contribution in [1.82, 2.24) is 9.80 Å². The van der Waals surface area contributed by atoms with Gasteiger partial charge in [-0.1, -0.05) is 36.4 Å². The number of likely N-dealkylation sites (tertiary alicyclic amines) is 1. The zero-order chi connectivity index (χ0) is 17.4. The number of imide groups is 1. The molecular formula is C20H22N2O3. The molecule has 0 N–H and O–H groups in total.